The molecule has 1 fully saturated rings. The van der Waals surface area contributed by atoms with E-state index in [1.165, 1.54) is 68.9 Å². The molecule has 0 N–H and O–H groups in total. The summed E-state index contributed by atoms with van der Waals surface area (Å²) in [5.41, 5.74) is 3.20. The van der Waals surface area contributed by atoms with E-state index in [9.17, 15) is 0 Å². The number of hydrogen-bond acceptors (Lipinski definition) is 0. The van der Waals surface area contributed by atoms with Crippen molar-refractivity contribution in [2.24, 2.45) is 5.41 Å². The van der Waals surface area contributed by atoms with Crippen LogP contribution in [-0.4, -0.2) is 0 Å². The zero-order chi connectivity index (χ0) is 12.0. The summed E-state index contributed by atoms with van der Waals surface area (Å²) in [6.45, 7) is 12.6. The van der Waals surface area contributed by atoms with Gasteiger partial charge in [-0.2, -0.15) is 0 Å². The van der Waals surface area contributed by atoms with Crippen LogP contribution in [0.3, 0.4) is 0 Å². The van der Waals surface area contributed by atoms with E-state index < -0.39 is 0 Å². The molecule has 0 aromatic carbocycles. The van der Waals surface area contributed by atoms with Crippen molar-refractivity contribution in [3.63, 3.8) is 0 Å². The van der Waals surface area contributed by atoms with Gasteiger partial charge in [-0.15, -0.1) is 13.2 Å². The maximum Gasteiger partial charge on any atom is -0.0224 e. The predicted molar refractivity (Wildman–Crippen MR) is 73.6 cm³/mol. The molecule has 1 aliphatic rings. The van der Waals surface area contributed by atoms with Gasteiger partial charge in [0.25, 0.3) is 0 Å². The first-order valence-electron chi connectivity index (χ1n) is 6.83. The van der Waals surface area contributed by atoms with Crippen molar-refractivity contribution in [3.8, 4) is 0 Å². The van der Waals surface area contributed by atoms with Gasteiger partial charge in [-0.05, 0) is 44.9 Å². The summed E-state index contributed by atoms with van der Waals surface area (Å²) in [7, 11) is 0. The Morgan fingerprint density at radius 3 is 1.56 bits per heavy atom. The molecule has 92 valence electrons. The minimum atomic E-state index is 0.498. The zero-order valence-corrected chi connectivity index (χ0v) is 11.3. The Labute approximate surface area is 102 Å². The Bertz CT molecular complexity index is 221. The Kier molecular flexibility index (Phi) is 5.31. The number of allylic oxidation sites excluding steroid dienone is 2. The fourth-order valence-corrected chi connectivity index (χ4v) is 3.35. The van der Waals surface area contributed by atoms with Gasteiger partial charge in [0.05, 0.1) is 0 Å². The molecule has 0 heterocycles. The Hall–Kier alpha value is -0.520. The van der Waals surface area contributed by atoms with E-state index in [4.69, 9.17) is 0 Å². The van der Waals surface area contributed by atoms with Crippen molar-refractivity contribution in [1.82, 2.24) is 0 Å². The van der Waals surface area contributed by atoms with Gasteiger partial charge in [0, 0.05) is 0 Å². The third-order valence-corrected chi connectivity index (χ3v) is 3.77. The van der Waals surface area contributed by atoms with Crippen LogP contribution in [0.5, 0.6) is 0 Å². The number of rotatable bonds is 4. The highest BCUT2D eigenvalue weighted by Crippen LogP contribution is 2.43. The molecule has 0 nitrogen and oxygen atoms in total. The van der Waals surface area contributed by atoms with Crippen LogP contribution in [0.2, 0.25) is 0 Å². The minimum Gasteiger partial charge on any atom is -0.100 e. The van der Waals surface area contributed by atoms with E-state index in [-0.39, 0.29) is 0 Å². The lowest BCUT2D eigenvalue weighted by Crippen LogP contribution is -2.23. The second-order valence-corrected chi connectivity index (χ2v) is 6.04. The summed E-state index contributed by atoms with van der Waals surface area (Å²) in [5, 5.41) is 0. The summed E-state index contributed by atoms with van der Waals surface area (Å²) in [5.74, 6) is 0. The maximum absolute atomic E-state index is 4.13. The summed E-state index contributed by atoms with van der Waals surface area (Å²) in [4.78, 5) is 0. The molecule has 0 radical (unpaired) electrons. The highest BCUT2D eigenvalue weighted by Gasteiger charge is 2.29. The van der Waals surface area contributed by atoms with E-state index in [2.05, 4.69) is 27.0 Å². The lowest BCUT2D eigenvalue weighted by atomic mass is 9.69. The van der Waals surface area contributed by atoms with Crippen LogP contribution in [0.1, 0.15) is 71.6 Å². The van der Waals surface area contributed by atoms with Gasteiger partial charge in [-0.1, -0.05) is 43.3 Å². The van der Waals surface area contributed by atoms with Crippen LogP contribution in [0.4, 0.5) is 0 Å². The molecule has 0 amide bonds. The van der Waals surface area contributed by atoms with Gasteiger partial charge >= 0.3 is 0 Å². The molecule has 0 saturated heterocycles. The maximum atomic E-state index is 4.13. The van der Waals surface area contributed by atoms with Gasteiger partial charge in [-0.25, -0.2) is 0 Å². The van der Waals surface area contributed by atoms with E-state index in [0.29, 0.717) is 5.41 Å². The van der Waals surface area contributed by atoms with Crippen molar-refractivity contribution >= 4 is 0 Å². The second-order valence-electron chi connectivity index (χ2n) is 6.04. The topological polar surface area (TPSA) is 0 Å². The highest BCUT2D eigenvalue weighted by atomic mass is 14.3. The van der Waals surface area contributed by atoms with Crippen LogP contribution in [-0.2, 0) is 0 Å². The fraction of sp³-hybridized carbons (Fsp3) is 0.750. The Morgan fingerprint density at radius 2 is 1.19 bits per heavy atom. The monoisotopic (exact) mass is 220 g/mol. The average molecular weight is 220 g/mol. The molecular weight excluding hydrogens is 192 g/mol. The minimum absolute atomic E-state index is 0.498. The van der Waals surface area contributed by atoms with Crippen LogP contribution in [0.15, 0.2) is 24.3 Å². The summed E-state index contributed by atoms with van der Waals surface area (Å²) in [6.07, 6.45) is 12.3. The highest BCUT2D eigenvalue weighted by molar-refractivity contribution is 5.03. The summed E-state index contributed by atoms with van der Waals surface area (Å²) < 4.78 is 0. The Balaban J connectivity index is 2.71. The molecule has 0 aromatic heterocycles. The first kappa shape index (κ1) is 13.5. The lowest BCUT2D eigenvalue weighted by molar-refractivity contribution is 0.205. The smallest absolute Gasteiger partial charge is 0.0224 e. The quantitative estimate of drug-likeness (QED) is 0.537. The predicted octanol–water partition coefficient (Wildman–Crippen LogP) is 5.65. The van der Waals surface area contributed by atoms with Gasteiger partial charge in [0.1, 0.15) is 0 Å². The van der Waals surface area contributed by atoms with Crippen LogP contribution in [0.25, 0.3) is 0 Å². The normalized spacial score (nSPS) is 20.9. The molecule has 1 aliphatic carbocycles. The molecule has 16 heavy (non-hydrogen) atoms. The van der Waals surface area contributed by atoms with Crippen molar-refractivity contribution in [3.05, 3.63) is 24.3 Å². The van der Waals surface area contributed by atoms with Crippen molar-refractivity contribution in [2.45, 2.75) is 71.6 Å². The molecule has 0 spiro atoms. The molecule has 0 atom stereocenters. The summed E-state index contributed by atoms with van der Waals surface area (Å²) >= 11 is 0. The van der Waals surface area contributed by atoms with E-state index in [0.717, 1.165) is 0 Å². The first-order valence-corrected chi connectivity index (χ1v) is 6.83. The lowest BCUT2D eigenvalue weighted by Gasteiger charge is -2.36. The van der Waals surface area contributed by atoms with Crippen LogP contribution in [0, 0.1) is 5.41 Å². The van der Waals surface area contributed by atoms with Crippen LogP contribution < -0.4 is 0 Å². The molecule has 0 bridgehead atoms. The van der Waals surface area contributed by atoms with Crippen molar-refractivity contribution < 1.29 is 0 Å². The van der Waals surface area contributed by atoms with Gasteiger partial charge in [0.15, 0.2) is 0 Å². The third-order valence-electron chi connectivity index (χ3n) is 3.77. The first-order chi connectivity index (χ1) is 7.54. The zero-order valence-electron chi connectivity index (χ0n) is 11.3. The van der Waals surface area contributed by atoms with Crippen molar-refractivity contribution in [1.29, 1.82) is 0 Å². The van der Waals surface area contributed by atoms with Gasteiger partial charge < -0.3 is 0 Å². The van der Waals surface area contributed by atoms with E-state index >= 15 is 0 Å². The number of hydrogen-bond donors (Lipinski definition) is 0. The standard InChI is InChI=1S/C16H28/c1-14(2)12-16(13-15(3)4)10-8-6-5-7-9-11-16/h1,3,5-13H2,2,4H3. The molecule has 0 heteroatoms. The molecule has 0 aromatic rings. The largest absolute Gasteiger partial charge is 0.100 e. The van der Waals surface area contributed by atoms with Crippen LogP contribution >= 0.6 is 0 Å². The van der Waals surface area contributed by atoms with E-state index in [1.54, 1.807) is 0 Å². The molecule has 1 rings (SSSR count). The van der Waals surface area contributed by atoms with Gasteiger partial charge in [0.2, 0.25) is 0 Å². The summed E-state index contributed by atoms with van der Waals surface area (Å²) in [6, 6.07) is 0. The SMILES string of the molecule is C=C(C)CC1(CC(=C)C)CCCCCCC1. The fourth-order valence-electron chi connectivity index (χ4n) is 3.35. The molecular formula is C16H28. The molecule has 0 aliphatic heterocycles. The second kappa shape index (κ2) is 6.27. The Morgan fingerprint density at radius 1 is 0.812 bits per heavy atom. The van der Waals surface area contributed by atoms with Crippen molar-refractivity contribution in [2.75, 3.05) is 0 Å². The van der Waals surface area contributed by atoms with E-state index in [1.807, 2.05) is 0 Å². The average Bonchev–Trinajstić information content (AvgIpc) is 2.09. The molecule has 1 saturated carbocycles. The van der Waals surface area contributed by atoms with Gasteiger partial charge in [-0.3, -0.25) is 0 Å². The molecule has 0 unspecified atom stereocenters. The third kappa shape index (κ3) is 4.55.